The number of hydrogen-bond acceptors (Lipinski definition) is 3. The van der Waals surface area contributed by atoms with Gasteiger partial charge in [0, 0.05) is 32.1 Å². The molecule has 108 valence electrons. The number of anilines is 1. The van der Waals surface area contributed by atoms with Gasteiger partial charge in [-0.15, -0.1) is 0 Å². The molecule has 0 unspecified atom stereocenters. The lowest BCUT2D eigenvalue weighted by molar-refractivity contribution is 0.0847. The van der Waals surface area contributed by atoms with Crippen LogP contribution in [0.2, 0.25) is 0 Å². The van der Waals surface area contributed by atoms with Crippen molar-refractivity contribution in [1.82, 2.24) is 9.55 Å². The fourth-order valence-corrected chi connectivity index (χ4v) is 2.79. The van der Waals surface area contributed by atoms with Crippen LogP contribution in [0.3, 0.4) is 0 Å². The Morgan fingerprint density at radius 2 is 2.05 bits per heavy atom. The zero-order chi connectivity index (χ0) is 13.8. The molecule has 2 rings (SSSR count). The molecule has 4 heteroatoms. The highest BCUT2D eigenvalue weighted by Gasteiger charge is 2.24. The van der Waals surface area contributed by atoms with Crippen LogP contribution in [0, 0.1) is 5.92 Å². The van der Waals surface area contributed by atoms with Gasteiger partial charge in [0.25, 0.3) is 0 Å². The van der Waals surface area contributed by atoms with Gasteiger partial charge in [-0.2, -0.15) is 0 Å². The summed E-state index contributed by atoms with van der Waals surface area (Å²) in [6, 6.07) is 0. The predicted octanol–water partition coefficient (Wildman–Crippen LogP) is 2.97. The number of nitrogen functional groups attached to an aromatic ring is 1. The number of aromatic nitrogens is 2. The highest BCUT2D eigenvalue weighted by atomic mass is 16.5. The average Bonchev–Trinajstić information content (AvgIpc) is 2.69. The summed E-state index contributed by atoms with van der Waals surface area (Å²) < 4.78 is 7.67. The van der Waals surface area contributed by atoms with E-state index in [9.17, 15) is 0 Å². The predicted molar refractivity (Wildman–Crippen MR) is 78.3 cm³/mol. The van der Waals surface area contributed by atoms with Gasteiger partial charge in [-0.1, -0.05) is 20.8 Å². The van der Waals surface area contributed by atoms with E-state index in [0.29, 0.717) is 11.8 Å². The maximum atomic E-state index is 6.37. The molecule has 1 aliphatic rings. The second-order valence-electron chi connectivity index (χ2n) is 5.94. The normalized spacial score (nSPS) is 17.3. The van der Waals surface area contributed by atoms with Gasteiger partial charge in [0.15, 0.2) is 0 Å². The van der Waals surface area contributed by atoms with Crippen molar-refractivity contribution < 1.29 is 4.74 Å². The van der Waals surface area contributed by atoms with E-state index in [1.807, 2.05) is 0 Å². The molecule has 1 aromatic rings. The molecular formula is C15H27N3O. The maximum Gasteiger partial charge on any atom is 0.127 e. The first kappa shape index (κ1) is 14.4. The summed E-state index contributed by atoms with van der Waals surface area (Å²) in [5.41, 5.74) is 7.49. The smallest absolute Gasteiger partial charge is 0.127 e. The largest absolute Gasteiger partial charge is 0.384 e. The summed E-state index contributed by atoms with van der Waals surface area (Å²) in [4.78, 5) is 4.86. The molecule has 0 radical (unpaired) electrons. The molecular weight excluding hydrogens is 238 g/mol. The molecule has 0 aromatic carbocycles. The molecule has 0 aliphatic carbocycles. The lowest BCUT2D eigenvalue weighted by Gasteiger charge is -2.21. The zero-order valence-electron chi connectivity index (χ0n) is 12.5. The second-order valence-corrected chi connectivity index (χ2v) is 5.94. The Labute approximate surface area is 116 Å². The number of imidazole rings is 1. The fraction of sp³-hybridized carbons (Fsp3) is 0.800. The Kier molecular flexibility index (Phi) is 4.86. The molecule has 19 heavy (non-hydrogen) atoms. The Morgan fingerprint density at radius 3 is 2.63 bits per heavy atom. The van der Waals surface area contributed by atoms with E-state index in [4.69, 9.17) is 15.5 Å². The Morgan fingerprint density at radius 1 is 1.37 bits per heavy atom. The fourth-order valence-electron chi connectivity index (χ4n) is 2.79. The van der Waals surface area contributed by atoms with Gasteiger partial charge in [-0.05, 0) is 25.2 Å². The Balaban J connectivity index is 2.27. The monoisotopic (exact) mass is 265 g/mol. The van der Waals surface area contributed by atoms with Gasteiger partial charge < -0.3 is 15.0 Å². The van der Waals surface area contributed by atoms with Gasteiger partial charge in [0.2, 0.25) is 0 Å². The minimum absolute atomic E-state index is 0.484. The Bertz CT molecular complexity index is 406. The van der Waals surface area contributed by atoms with Crippen molar-refractivity contribution in [3.05, 3.63) is 11.5 Å². The molecule has 0 bridgehead atoms. The first-order valence-corrected chi connectivity index (χ1v) is 7.56. The number of aryl methyl sites for hydroxylation is 1. The SMILES string of the molecule is CCCc1nc(C2CCOCC2)c(N)n1CC(C)C. The van der Waals surface area contributed by atoms with E-state index in [1.165, 1.54) is 0 Å². The Hall–Kier alpha value is -1.03. The maximum absolute atomic E-state index is 6.37. The number of ether oxygens (including phenoxy) is 1. The summed E-state index contributed by atoms with van der Waals surface area (Å²) in [5, 5.41) is 0. The third kappa shape index (κ3) is 3.30. The van der Waals surface area contributed by atoms with E-state index in [-0.39, 0.29) is 0 Å². The molecule has 2 heterocycles. The van der Waals surface area contributed by atoms with E-state index >= 15 is 0 Å². The molecule has 1 aliphatic heterocycles. The van der Waals surface area contributed by atoms with E-state index in [1.54, 1.807) is 0 Å². The van der Waals surface area contributed by atoms with Crippen LogP contribution >= 0.6 is 0 Å². The van der Waals surface area contributed by atoms with Crippen molar-refractivity contribution in [3.63, 3.8) is 0 Å². The van der Waals surface area contributed by atoms with Crippen LogP contribution < -0.4 is 5.73 Å². The van der Waals surface area contributed by atoms with Crippen molar-refractivity contribution in [3.8, 4) is 0 Å². The second kappa shape index (κ2) is 6.42. The van der Waals surface area contributed by atoms with Crippen LogP contribution in [0.5, 0.6) is 0 Å². The summed E-state index contributed by atoms with van der Waals surface area (Å²) in [5.74, 6) is 3.13. The van der Waals surface area contributed by atoms with Crippen LogP contribution in [-0.4, -0.2) is 22.8 Å². The molecule has 0 spiro atoms. The van der Waals surface area contributed by atoms with Crippen molar-refractivity contribution in [2.45, 2.75) is 58.9 Å². The minimum atomic E-state index is 0.484. The lowest BCUT2D eigenvalue weighted by atomic mass is 9.96. The first-order chi connectivity index (χ1) is 9.13. The standard InChI is InChI=1S/C15H27N3O/c1-4-5-13-17-14(12-6-8-19-9-7-12)15(16)18(13)10-11(2)3/h11-12H,4-10,16H2,1-3H3. The molecule has 0 atom stereocenters. The summed E-state index contributed by atoms with van der Waals surface area (Å²) in [7, 11) is 0. The van der Waals surface area contributed by atoms with Gasteiger partial charge in [-0.25, -0.2) is 4.98 Å². The molecule has 0 amide bonds. The van der Waals surface area contributed by atoms with Crippen LogP contribution in [0.25, 0.3) is 0 Å². The van der Waals surface area contributed by atoms with Crippen LogP contribution in [0.15, 0.2) is 0 Å². The molecule has 2 N–H and O–H groups in total. The van der Waals surface area contributed by atoms with Gasteiger partial charge in [0.1, 0.15) is 11.6 Å². The van der Waals surface area contributed by atoms with E-state index in [0.717, 1.165) is 62.8 Å². The quantitative estimate of drug-likeness (QED) is 0.890. The van der Waals surface area contributed by atoms with Gasteiger partial charge >= 0.3 is 0 Å². The third-order valence-corrected chi connectivity index (χ3v) is 3.74. The lowest BCUT2D eigenvalue weighted by Crippen LogP contribution is -2.16. The van der Waals surface area contributed by atoms with E-state index < -0.39 is 0 Å². The molecule has 1 saturated heterocycles. The summed E-state index contributed by atoms with van der Waals surface area (Å²) in [6.07, 6.45) is 4.23. The summed E-state index contributed by atoms with van der Waals surface area (Å²) >= 11 is 0. The average molecular weight is 265 g/mol. The molecule has 1 fully saturated rings. The van der Waals surface area contributed by atoms with E-state index in [2.05, 4.69) is 25.3 Å². The summed E-state index contributed by atoms with van der Waals surface area (Å²) in [6.45, 7) is 9.29. The minimum Gasteiger partial charge on any atom is -0.384 e. The molecule has 1 aromatic heterocycles. The van der Waals surface area contributed by atoms with Gasteiger partial charge in [-0.3, -0.25) is 0 Å². The number of rotatable bonds is 5. The number of nitrogens with two attached hydrogens (primary N) is 1. The van der Waals surface area contributed by atoms with Crippen molar-refractivity contribution in [2.24, 2.45) is 5.92 Å². The third-order valence-electron chi connectivity index (χ3n) is 3.74. The molecule has 0 saturated carbocycles. The van der Waals surface area contributed by atoms with Crippen LogP contribution in [-0.2, 0) is 17.7 Å². The van der Waals surface area contributed by atoms with Crippen molar-refractivity contribution in [2.75, 3.05) is 18.9 Å². The highest BCUT2D eigenvalue weighted by Crippen LogP contribution is 2.31. The number of hydrogen-bond donors (Lipinski definition) is 1. The van der Waals surface area contributed by atoms with Crippen LogP contribution in [0.1, 0.15) is 57.5 Å². The van der Waals surface area contributed by atoms with Crippen molar-refractivity contribution in [1.29, 1.82) is 0 Å². The first-order valence-electron chi connectivity index (χ1n) is 7.56. The van der Waals surface area contributed by atoms with Gasteiger partial charge in [0.05, 0.1) is 5.69 Å². The van der Waals surface area contributed by atoms with Crippen molar-refractivity contribution >= 4 is 5.82 Å². The number of nitrogens with zero attached hydrogens (tertiary/aromatic N) is 2. The zero-order valence-corrected chi connectivity index (χ0v) is 12.5. The molecule has 4 nitrogen and oxygen atoms in total. The topological polar surface area (TPSA) is 53.1 Å². The highest BCUT2D eigenvalue weighted by molar-refractivity contribution is 5.41. The van der Waals surface area contributed by atoms with Crippen LogP contribution in [0.4, 0.5) is 5.82 Å².